The number of hydrogen-bond donors (Lipinski definition) is 1. The summed E-state index contributed by atoms with van der Waals surface area (Å²) in [5.41, 5.74) is 2.05. The van der Waals surface area contributed by atoms with E-state index in [2.05, 4.69) is 26.3 Å². The predicted molar refractivity (Wildman–Crippen MR) is 90.6 cm³/mol. The van der Waals surface area contributed by atoms with Crippen LogP contribution in [0.15, 0.2) is 36.7 Å². The zero-order valence-corrected chi connectivity index (χ0v) is 13.6. The Balaban J connectivity index is 1.61. The van der Waals surface area contributed by atoms with E-state index in [1.165, 1.54) is 6.20 Å². The quantitative estimate of drug-likeness (QED) is 0.935. The number of carbonyl (C=O) groups excluding carboxylic acids is 1. The van der Waals surface area contributed by atoms with Gasteiger partial charge in [0.15, 0.2) is 11.5 Å². The van der Waals surface area contributed by atoms with E-state index in [1.54, 1.807) is 6.20 Å². The third-order valence-corrected chi connectivity index (χ3v) is 4.30. The largest absolute Gasteiger partial charge is 0.354 e. The number of aryl methyl sites for hydroxylation is 1. The maximum atomic E-state index is 12.4. The zero-order chi connectivity index (χ0) is 16.9. The van der Waals surface area contributed by atoms with Crippen LogP contribution in [0.3, 0.4) is 0 Å². The molecule has 6 nitrogen and oxygen atoms in total. The number of hydrogen-bond acceptors (Lipinski definition) is 5. The van der Waals surface area contributed by atoms with Crippen LogP contribution in [-0.2, 0) is 0 Å². The Kier molecular flexibility index (Phi) is 4.71. The van der Waals surface area contributed by atoms with Crippen molar-refractivity contribution in [1.82, 2.24) is 15.3 Å². The van der Waals surface area contributed by atoms with Gasteiger partial charge in [-0.25, -0.2) is 9.97 Å². The first-order valence-electron chi connectivity index (χ1n) is 8.01. The van der Waals surface area contributed by atoms with Crippen molar-refractivity contribution in [3.8, 4) is 6.07 Å². The third kappa shape index (κ3) is 3.35. The number of piperidine rings is 1. The Morgan fingerprint density at radius 2 is 1.96 bits per heavy atom. The molecule has 1 N–H and O–H groups in total. The molecule has 1 saturated heterocycles. The van der Waals surface area contributed by atoms with E-state index in [4.69, 9.17) is 5.26 Å². The first-order valence-corrected chi connectivity index (χ1v) is 8.01. The van der Waals surface area contributed by atoms with Gasteiger partial charge in [0.2, 0.25) is 0 Å². The number of nitrogens with zero attached hydrogens (tertiary/aromatic N) is 4. The summed E-state index contributed by atoms with van der Waals surface area (Å²) in [7, 11) is 0. The molecule has 0 unspecified atom stereocenters. The smallest absolute Gasteiger partial charge is 0.251 e. The maximum absolute atomic E-state index is 12.4. The van der Waals surface area contributed by atoms with Crippen LogP contribution in [0.5, 0.6) is 0 Å². The summed E-state index contributed by atoms with van der Waals surface area (Å²) in [5, 5.41) is 12.2. The summed E-state index contributed by atoms with van der Waals surface area (Å²) in [6.07, 6.45) is 4.76. The Hall–Kier alpha value is -2.94. The lowest BCUT2D eigenvalue weighted by molar-refractivity contribution is 0.0930. The Morgan fingerprint density at radius 3 is 2.67 bits per heavy atom. The second-order valence-corrected chi connectivity index (χ2v) is 5.89. The molecule has 24 heavy (non-hydrogen) atoms. The van der Waals surface area contributed by atoms with Crippen LogP contribution in [0.4, 0.5) is 5.82 Å². The molecule has 6 heteroatoms. The van der Waals surface area contributed by atoms with Gasteiger partial charge in [-0.2, -0.15) is 5.26 Å². The minimum atomic E-state index is -0.0243. The van der Waals surface area contributed by atoms with Crippen molar-refractivity contribution < 1.29 is 4.79 Å². The molecular formula is C18H19N5O. The molecule has 3 rings (SSSR count). The highest BCUT2D eigenvalue weighted by Crippen LogP contribution is 2.20. The monoisotopic (exact) mass is 321 g/mol. The molecule has 1 amide bonds. The van der Waals surface area contributed by atoms with E-state index in [0.29, 0.717) is 11.5 Å². The van der Waals surface area contributed by atoms with Gasteiger partial charge in [0.05, 0.1) is 0 Å². The highest BCUT2D eigenvalue weighted by Gasteiger charge is 2.24. The summed E-state index contributed by atoms with van der Waals surface area (Å²) in [6.45, 7) is 3.42. The maximum Gasteiger partial charge on any atom is 0.251 e. The summed E-state index contributed by atoms with van der Waals surface area (Å²) < 4.78 is 0. The summed E-state index contributed by atoms with van der Waals surface area (Å²) in [6, 6.07) is 9.80. The van der Waals surface area contributed by atoms with Crippen LogP contribution in [-0.4, -0.2) is 35.0 Å². The van der Waals surface area contributed by atoms with Crippen molar-refractivity contribution in [1.29, 1.82) is 5.26 Å². The van der Waals surface area contributed by atoms with Gasteiger partial charge in [-0.1, -0.05) is 18.2 Å². The number of anilines is 1. The third-order valence-electron chi connectivity index (χ3n) is 4.30. The first-order chi connectivity index (χ1) is 11.7. The van der Waals surface area contributed by atoms with E-state index in [9.17, 15) is 4.79 Å². The van der Waals surface area contributed by atoms with Crippen LogP contribution < -0.4 is 10.2 Å². The molecule has 0 bridgehead atoms. The highest BCUT2D eigenvalue weighted by molar-refractivity contribution is 5.95. The number of amides is 1. The molecule has 2 aromatic rings. The molecule has 1 aromatic carbocycles. The molecule has 1 aromatic heterocycles. The number of nitriles is 1. The van der Waals surface area contributed by atoms with Gasteiger partial charge in [-0.15, -0.1) is 0 Å². The van der Waals surface area contributed by atoms with E-state index in [0.717, 1.165) is 37.1 Å². The van der Waals surface area contributed by atoms with Gasteiger partial charge in [-0.3, -0.25) is 4.79 Å². The van der Waals surface area contributed by atoms with Gasteiger partial charge < -0.3 is 10.2 Å². The molecule has 1 aliphatic heterocycles. The van der Waals surface area contributed by atoms with Crippen LogP contribution in [0.25, 0.3) is 0 Å². The number of carbonyl (C=O) groups is 1. The average molecular weight is 321 g/mol. The highest BCUT2D eigenvalue weighted by atomic mass is 16.1. The van der Waals surface area contributed by atoms with Crippen molar-refractivity contribution in [2.75, 3.05) is 18.0 Å². The fraction of sp³-hybridized carbons (Fsp3) is 0.333. The van der Waals surface area contributed by atoms with Gasteiger partial charge in [0.25, 0.3) is 5.91 Å². The van der Waals surface area contributed by atoms with Crippen LogP contribution in [0.2, 0.25) is 0 Å². The number of rotatable bonds is 3. The van der Waals surface area contributed by atoms with Gasteiger partial charge in [0.1, 0.15) is 6.07 Å². The van der Waals surface area contributed by atoms with Gasteiger partial charge >= 0.3 is 0 Å². The van der Waals surface area contributed by atoms with Gasteiger partial charge in [-0.05, 0) is 31.4 Å². The summed E-state index contributed by atoms with van der Waals surface area (Å²) in [4.78, 5) is 22.8. The average Bonchev–Trinajstić information content (AvgIpc) is 2.62. The van der Waals surface area contributed by atoms with E-state index < -0.39 is 0 Å². The number of benzene rings is 1. The van der Waals surface area contributed by atoms with Crippen molar-refractivity contribution in [3.63, 3.8) is 0 Å². The molecule has 1 aliphatic rings. The predicted octanol–water partition coefficient (Wildman–Crippen LogP) is 2.06. The van der Waals surface area contributed by atoms with Crippen molar-refractivity contribution in [2.24, 2.45) is 0 Å². The lowest BCUT2D eigenvalue weighted by Crippen LogP contribution is -2.45. The van der Waals surface area contributed by atoms with Crippen molar-refractivity contribution >= 4 is 11.7 Å². The van der Waals surface area contributed by atoms with Crippen LogP contribution in [0.1, 0.15) is 34.5 Å². The molecule has 0 aliphatic carbocycles. The molecular weight excluding hydrogens is 302 g/mol. The fourth-order valence-electron chi connectivity index (χ4n) is 2.97. The summed E-state index contributed by atoms with van der Waals surface area (Å²) in [5.74, 6) is 0.604. The van der Waals surface area contributed by atoms with Crippen molar-refractivity contribution in [3.05, 3.63) is 53.5 Å². The van der Waals surface area contributed by atoms with Crippen molar-refractivity contribution in [2.45, 2.75) is 25.8 Å². The molecule has 0 saturated carbocycles. The Morgan fingerprint density at radius 1 is 1.25 bits per heavy atom. The van der Waals surface area contributed by atoms with Crippen LogP contribution >= 0.6 is 0 Å². The Bertz CT molecular complexity index is 775. The second kappa shape index (κ2) is 7.09. The molecule has 1 fully saturated rings. The minimum Gasteiger partial charge on any atom is -0.354 e. The van der Waals surface area contributed by atoms with Gasteiger partial charge in [0, 0.05) is 37.1 Å². The second-order valence-electron chi connectivity index (χ2n) is 5.89. The Labute approximate surface area is 141 Å². The molecule has 0 atom stereocenters. The van der Waals surface area contributed by atoms with E-state index in [1.807, 2.05) is 31.2 Å². The number of aromatic nitrogens is 2. The lowest BCUT2D eigenvalue weighted by atomic mass is 10.0. The SMILES string of the molecule is Cc1ccccc1C(=O)NC1CCN(c2nccnc2C#N)CC1. The normalized spacial score (nSPS) is 14.9. The minimum absolute atomic E-state index is 0.0243. The number of nitrogens with one attached hydrogen (secondary N) is 1. The summed E-state index contributed by atoms with van der Waals surface area (Å²) >= 11 is 0. The standard InChI is InChI=1S/C18H19N5O/c1-13-4-2-3-5-15(13)18(24)22-14-6-10-23(11-7-14)17-16(12-19)20-8-9-21-17/h2-5,8-9,14H,6-7,10-11H2,1H3,(H,22,24). The van der Waals surface area contributed by atoms with Crippen LogP contribution in [0, 0.1) is 18.3 Å². The fourth-order valence-corrected chi connectivity index (χ4v) is 2.97. The lowest BCUT2D eigenvalue weighted by Gasteiger charge is -2.33. The van der Waals surface area contributed by atoms with E-state index in [-0.39, 0.29) is 11.9 Å². The topological polar surface area (TPSA) is 81.9 Å². The molecule has 122 valence electrons. The molecule has 2 heterocycles. The molecule has 0 radical (unpaired) electrons. The molecule has 0 spiro atoms. The zero-order valence-electron chi connectivity index (χ0n) is 13.6. The van der Waals surface area contributed by atoms with E-state index >= 15 is 0 Å². The first kappa shape index (κ1) is 15.9.